The third kappa shape index (κ3) is 4.55. The minimum Gasteiger partial charge on any atom is -0.465 e. The van der Waals surface area contributed by atoms with Crippen LogP contribution in [0, 0.1) is 0 Å². The molecule has 1 aromatic rings. The molecule has 0 aliphatic carbocycles. The molecule has 0 unspecified atom stereocenters. The van der Waals surface area contributed by atoms with Gasteiger partial charge in [-0.3, -0.25) is 9.80 Å². The van der Waals surface area contributed by atoms with E-state index in [1.807, 2.05) is 13.0 Å². The van der Waals surface area contributed by atoms with Crippen LogP contribution in [-0.2, 0) is 11.3 Å². The van der Waals surface area contributed by atoms with E-state index in [0.29, 0.717) is 12.6 Å². The molecule has 0 aromatic heterocycles. The van der Waals surface area contributed by atoms with Crippen LogP contribution in [0.25, 0.3) is 0 Å². The summed E-state index contributed by atoms with van der Waals surface area (Å²) in [6, 6.07) is 11.0. The standard InChI is InChI=1S/C20H31N3O3/c1-15-9-22(11-18-7-5-4-6-8-18)19(13-23(15)20(24)25)12-21-10-17(3)26-14-16(21)2/h4-8,15-17,19H,9-14H2,1-3H3,(H,24,25)/t15-,16-,17-,19+/m1/s1. The molecule has 144 valence electrons. The predicted molar refractivity (Wildman–Crippen MR) is 101 cm³/mol. The molecular formula is C20H31N3O3. The fraction of sp³-hybridized carbons (Fsp3) is 0.650. The highest BCUT2D eigenvalue weighted by Crippen LogP contribution is 2.21. The Morgan fingerprint density at radius 3 is 2.50 bits per heavy atom. The Hall–Kier alpha value is -1.63. The van der Waals surface area contributed by atoms with Crippen molar-refractivity contribution >= 4 is 6.09 Å². The lowest BCUT2D eigenvalue weighted by Gasteiger charge is -2.47. The monoisotopic (exact) mass is 361 g/mol. The van der Waals surface area contributed by atoms with Gasteiger partial charge in [-0.2, -0.15) is 0 Å². The van der Waals surface area contributed by atoms with Crippen LogP contribution >= 0.6 is 0 Å². The lowest BCUT2D eigenvalue weighted by molar-refractivity contribution is -0.0659. The van der Waals surface area contributed by atoms with Crippen molar-refractivity contribution in [3.05, 3.63) is 35.9 Å². The van der Waals surface area contributed by atoms with E-state index in [9.17, 15) is 9.90 Å². The van der Waals surface area contributed by atoms with Crippen LogP contribution in [0.3, 0.4) is 0 Å². The second-order valence-corrected chi connectivity index (χ2v) is 7.80. The average molecular weight is 361 g/mol. The third-order valence-electron chi connectivity index (χ3n) is 5.61. The summed E-state index contributed by atoms with van der Waals surface area (Å²) in [7, 11) is 0. The van der Waals surface area contributed by atoms with Crippen molar-refractivity contribution in [2.24, 2.45) is 0 Å². The number of rotatable bonds is 4. The Morgan fingerprint density at radius 1 is 1.08 bits per heavy atom. The van der Waals surface area contributed by atoms with Crippen LogP contribution in [0.15, 0.2) is 30.3 Å². The summed E-state index contributed by atoms with van der Waals surface area (Å²) >= 11 is 0. The molecule has 2 aliphatic heterocycles. The van der Waals surface area contributed by atoms with E-state index < -0.39 is 6.09 Å². The summed E-state index contributed by atoms with van der Waals surface area (Å²) in [6.45, 7) is 11.0. The first-order valence-electron chi connectivity index (χ1n) is 9.57. The molecule has 3 rings (SSSR count). The van der Waals surface area contributed by atoms with Gasteiger partial charge in [0.15, 0.2) is 0 Å². The number of carboxylic acid groups (broad SMARTS) is 1. The van der Waals surface area contributed by atoms with Crippen molar-refractivity contribution in [3.63, 3.8) is 0 Å². The fourth-order valence-corrected chi connectivity index (χ4v) is 4.06. The molecule has 2 saturated heterocycles. The van der Waals surface area contributed by atoms with Crippen LogP contribution in [0.5, 0.6) is 0 Å². The second kappa shape index (κ2) is 8.37. The van der Waals surface area contributed by atoms with Gasteiger partial charge in [0.05, 0.1) is 12.7 Å². The zero-order valence-corrected chi connectivity index (χ0v) is 16.0. The van der Waals surface area contributed by atoms with Crippen molar-refractivity contribution in [3.8, 4) is 0 Å². The van der Waals surface area contributed by atoms with Crippen molar-refractivity contribution in [2.45, 2.75) is 51.5 Å². The number of benzene rings is 1. The summed E-state index contributed by atoms with van der Waals surface area (Å²) in [4.78, 5) is 18.2. The smallest absolute Gasteiger partial charge is 0.407 e. The topological polar surface area (TPSA) is 56.2 Å². The van der Waals surface area contributed by atoms with Crippen molar-refractivity contribution < 1.29 is 14.6 Å². The largest absolute Gasteiger partial charge is 0.465 e. The quantitative estimate of drug-likeness (QED) is 0.892. The van der Waals surface area contributed by atoms with Crippen molar-refractivity contribution in [1.82, 2.24) is 14.7 Å². The van der Waals surface area contributed by atoms with E-state index in [4.69, 9.17) is 4.74 Å². The summed E-state index contributed by atoms with van der Waals surface area (Å²) in [5, 5.41) is 9.58. The molecule has 0 saturated carbocycles. The highest BCUT2D eigenvalue weighted by molar-refractivity contribution is 5.65. The predicted octanol–water partition coefficient (Wildman–Crippen LogP) is 2.35. The van der Waals surface area contributed by atoms with E-state index in [2.05, 4.69) is 47.9 Å². The van der Waals surface area contributed by atoms with Gasteiger partial charge in [0.2, 0.25) is 0 Å². The van der Waals surface area contributed by atoms with Gasteiger partial charge < -0.3 is 14.7 Å². The summed E-state index contributed by atoms with van der Waals surface area (Å²) < 4.78 is 5.75. The maximum atomic E-state index is 11.7. The molecule has 1 N–H and O–H groups in total. The highest BCUT2D eigenvalue weighted by atomic mass is 16.5. The second-order valence-electron chi connectivity index (χ2n) is 7.80. The number of piperazine rings is 1. The van der Waals surface area contributed by atoms with Gasteiger partial charge in [0.1, 0.15) is 0 Å². The molecule has 4 atom stereocenters. The van der Waals surface area contributed by atoms with E-state index in [1.54, 1.807) is 4.90 Å². The normalized spacial score (nSPS) is 31.1. The zero-order chi connectivity index (χ0) is 18.7. The van der Waals surface area contributed by atoms with E-state index in [-0.39, 0.29) is 18.2 Å². The van der Waals surface area contributed by atoms with Crippen LogP contribution < -0.4 is 0 Å². The molecule has 0 radical (unpaired) electrons. The highest BCUT2D eigenvalue weighted by Gasteiger charge is 2.36. The van der Waals surface area contributed by atoms with Gasteiger partial charge >= 0.3 is 6.09 Å². The minimum absolute atomic E-state index is 0.00787. The molecule has 0 spiro atoms. The summed E-state index contributed by atoms with van der Waals surface area (Å²) in [6.07, 6.45) is -0.586. The molecule has 1 amide bonds. The molecule has 2 heterocycles. The first-order valence-corrected chi connectivity index (χ1v) is 9.57. The molecule has 26 heavy (non-hydrogen) atoms. The van der Waals surface area contributed by atoms with Crippen molar-refractivity contribution in [2.75, 3.05) is 32.8 Å². The lowest BCUT2D eigenvalue weighted by atomic mass is 10.0. The molecule has 6 heteroatoms. The Labute approximate surface area is 156 Å². The molecule has 1 aromatic carbocycles. The Balaban J connectivity index is 1.74. The van der Waals surface area contributed by atoms with Crippen LogP contribution in [0.1, 0.15) is 26.3 Å². The van der Waals surface area contributed by atoms with Crippen LogP contribution in [0.2, 0.25) is 0 Å². The summed E-state index contributed by atoms with van der Waals surface area (Å²) in [5.74, 6) is 0. The maximum Gasteiger partial charge on any atom is 0.407 e. The molecular weight excluding hydrogens is 330 g/mol. The maximum absolute atomic E-state index is 11.7. The SMILES string of the molecule is C[C@@H]1CN(C[C@H]2CN(C(=O)O)[C@H](C)CN2Cc2ccccc2)[C@H](C)CO1. The molecule has 6 nitrogen and oxygen atoms in total. The van der Waals surface area contributed by atoms with E-state index in [0.717, 1.165) is 32.8 Å². The Kier molecular flexibility index (Phi) is 6.16. The molecule has 2 aliphatic rings. The van der Waals surface area contributed by atoms with Gasteiger partial charge in [0.25, 0.3) is 0 Å². The van der Waals surface area contributed by atoms with Crippen LogP contribution in [0.4, 0.5) is 4.79 Å². The third-order valence-corrected chi connectivity index (χ3v) is 5.61. The number of amides is 1. The first-order chi connectivity index (χ1) is 12.4. The number of hydrogen-bond acceptors (Lipinski definition) is 4. The number of ether oxygens (including phenoxy) is 1. The lowest BCUT2D eigenvalue weighted by Crippen LogP contribution is -2.62. The van der Waals surface area contributed by atoms with Gasteiger partial charge in [0, 0.05) is 50.8 Å². The Morgan fingerprint density at radius 2 is 1.81 bits per heavy atom. The first kappa shape index (κ1) is 19.1. The van der Waals surface area contributed by atoms with Gasteiger partial charge in [-0.25, -0.2) is 4.79 Å². The zero-order valence-electron chi connectivity index (χ0n) is 16.0. The fourth-order valence-electron chi connectivity index (χ4n) is 4.06. The van der Waals surface area contributed by atoms with Crippen LogP contribution in [-0.4, -0.2) is 82.9 Å². The number of nitrogens with zero attached hydrogens (tertiary/aromatic N) is 3. The number of carbonyl (C=O) groups is 1. The minimum atomic E-state index is -0.815. The summed E-state index contributed by atoms with van der Waals surface area (Å²) in [5.41, 5.74) is 1.27. The number of hydrogen-bond donors (Lipinski definition) is 1. The Bertz CT molecular complexity index is 597. The van der Waals surface area contributed by atoms with E-state index >= 15 is 0 Å². The van der Waals surface area contributed by atoms with E-state index in [1.165, 1.54) is 5.56 Å². The molecule has 0 bridgehead atoms. The van der Waals surface area contributed by atoms with Gasteiger partial charge in [-0.1, -0.05) is 30.3 Å². The molecule has 2 fully saturated rings. The van der Waals surface area contributed by atoms with Gasteiger partial charge in [-0.15, -0.1) is 0 Å². The van der Waals surface area contributed by atoms with Crippen molar-refractivity contribution in [1.29, 1.82) is 0 Å². The number of morpholine rings is 1. The van der Waals surface area contributed by atoms with Gasteiger partial charge in [-0.05, 0) is 26.3 Å². The average Bonchev–Trinajstić information content (AvgIpc) is 2.61.